The van der Waals surface area contributed by atoms with E-state index in [0.717, 1.165) is 4.88 Å². The van der Waals surface area contributed by atoms with E-state index in [0.29, 0.717) is 21.4 Å². The van der Waals surface area contributed by atoms with E-state index in [4.69, 9.17) is 23.2 Å². The summed E-state index contributed by atoms with van der Waals surface area (Å²) in [6, 6.07) is 1.93. The van der Waals surface area contributed by atoms with Gasteiger partial charge in [0.05, 0.1) is 11.9 Å². The fourth-order valence-corrected chi connectivity index (χ4v) is 3.09. The minimum Gasteiger partial charge on any atom is -0.354 e. The average molecular weight is 359 g/mol. The van der Waals surface area contributed by atoms with Gasteiger partial charge in [0.1, 0.15) is 9.90 Å². The lowest BCUT2D eigenvalue weighted by molar-refractivity contribution is 0.0968. The van der Waals surface area contributed by atoms with Gasteiger partial charge in [-0.1, -0.05) is 32.4 Å². The van der Waals surface area contributed by atoms with E-state index in [1.807, 2.05) is 6.07 Å². The molecule has 1 amide bonds. The topological polar surface area (TPSA) is 66.9 Å². The minimum absolute atomic E-state index is 0.0690. The van der Waals surface area contributed by atoms with Crippen LogP contribution < -0.4 is 10.6 Å². The number of nitrogens with zero attached hydrogens (tertiary/aromatic N) is 2. The van der Waals surface area contributed by atoms with E-state index in [2.05, 4.69) is 41.4 Å². The molecule has 22 heavy (non-hydrogen) atoms. The summed E-state index contributed by atoms with van der Waals surface area (Å²) in [7, 11) is 1.59. The normalized spacial score (nSPS) is 11.4. The lowest BCUT2D eigenvalue weighted by atomic mass is 9.94. The van der Waals surface area contributed by atoms with Crippen LogP contribution in [0.15, 0.2) is 12.3 Å². The van der Waals surface area contributed by atoms with Gasteiger partial charge in [-0.25, -0.2) is 4.98 Å². The molecule has 0 aliphatic carbocycles. The summed E-state index contributed by atoms with van der Waals surface area (Å²) in [4.78, 5) is 21.6. The summed E-state index contributed by atoms with van der Waals surface area (Å²) >= 11 is 13.3. The molecule has 0 atom stereocenters. The Morgan fingerprint density at radius 2 is 2.00 bits per heavy atom. The molecule has 0 unspecified atom stereocenters. The molecule has 0 fully saturated rings. The molecule has 0 aliphatic heterocycles. The summed E-state index contributed by atoms with van der Waals surface area (Å²) in [6.45, 7) is 6.26. The summed E-state index contributed by atoms with van der Waals surface area (Å²) < 4.78 is 0. The number of anilines is 2. The monoisotopic (exact) mass is 358 g/mol. The average Bonchev–Trinajstić information content (AvgIpc) is 2.86. The highest BCUT2D eigenvalue weighted by Gasteiger charge is 2.23. The van der Waals surface area contributed by atoms with Crippen LogP contribution in [-0.2, 0) is 5.41 Å². The van der Waals surface area contributed by atoms with Crippen molar-refractivity contribution in [2.24, 2.45) is 0 Å². The fraction of sp³-hybridized carbons (Fsp3) is 0.357. The maximum absolute atomic E-state index is 12.1. The lowest BCUT2D eigenvalue weighted by Gasteiger charge is -2.15. The second-order valence-corrected chi connectivity index (χ2v) is 7.44. The third kappa shape index (κ3) is 3.69. The summed E-state index contributed by atoms with van der Waals surface area (Å²) in [5.74, 6) is 0.198. The van der Waals surface area contributed by atoms with Crippen molar-refractivity contribution in [3.63, 3.8) is 0 Å². The molecular weight excluding hydrogens is 343 g/mol. The van der Waals surface area contributed by atoms with Crippen LogP contribution in [0.25, 0.3) is 0 Å². The minimum atomic E-state index is -0.167. The van der Waals surface area contributed by atoms with Crippen molar-refractivity contribution >= 4 is 52.0 Å². The van der Waals surface area contributed by atoms with Crippen LogP contribution in [0.1, 0.15) is 35.3 Å². The van der Waals surface area contributed by atoms with Crippen molar-refractivity contribution in [3.05, 3.63) is 32.3 Å². The van der Waals surface area contributed by atoms with E-state index in [-0.39, 0.29) is 16.6 Å². The highest BCUT2D eigenvalue weighted by Crippen LogP contribution is 2.37. The van der Waals surface area contributed by atoms with E-state index in [1.165, 1.54) is 17.5 Å². The van der Waals surface area contributed by atoms with Gasteiger partial charge in [-0.15, -0.1) is 11.3 Å². The largest absolute Gasteiger partial charge is 0.354 e. The van der Waals surface area contributed by atoms with Crippen molar-refractivity contribution in [2.45, 2.75) is 26.2 Å². The molecule has 0 aromatic carbocycles. The first-order valence-electron chi connectivity index (χ1n) is 6.54. The molecule has 5 nitrogen and oxygen atoms in total. The Kier molecular flexibility index (Phi) is 4.94. The first-order valence-corrected chi connectivity index (χ1v) is 8.11. The van der Waals surface area contributed by atoms with Gasteiger partial charge in [-0.2, -0.15) is 4.98 Å². The van der Waals surface area contributed by atoms with Crippen LogP contribution in [0, 0.1) is 0 Å². The summed E-state index contributed by atoms with van der Waals surface area (Å²) in [5, 5.41) is 6.12. The highest BCUT2D eigenvalue weighted by molar-refractivity contribution is 7.14. The summed E-state index contributed by atoms with van der Waals surface area (Å²) in [5.41, 5.74) is 0.575. The van der Waals surface area contributed by atoms with E-state index >= 15 is 0 Å². The first kappa shape index (κ1) is 17.0. The molecule has 0 saturated carbocycles. The molecule has 0 bridgehead atoms. The van der Waals surface area contributed by atoms with Crippen LogP contribution in [-0.4, -0.2) is 22.9 Å². The first-order chi connectivity index (χ1) is 10.2. The second kappa shape index (κ2) is 6.40. The van der Waals surface area contributed by atoms with Gasteiger partial charge in [-0.05, 0) is 23.1 Å². The molecule has 118 valence electrons. The van der Waals surface area contributed by atoms with Gasteiger partial charge in [0.15, 0.2) is 5.82 Å². The van der Waals surface area contributed by atoms with Gasteiger partial charge in [-0.3, -0.25) is 4.79 Å². The van der Waals surface area contributed by atoms with Crippen molar-refractivity contribution in [3.8, 4) is 0 Å². The predicted molar refractivity (Wildman–Crippen MR) is 91.7 cm³/mol. The number of amides is 1. The molecule has 2 aromatic heterocycles. The number of halogens is 2. The van der Waals surface area contributed by atoms with Crippen molar-refractivity contribution in [1.29, 1.82) is 0 Å². The van der Waals surface area contributed by atoms with E-state index in [1.54, 1.807) is 7.05 Å². The molecule has 0 aliphatic rings. The zero-order chi connectivity index (χ0) is 16.5. The Bertz CT molecular complexity index is 709. The van der Waals surface area contributed by atoms with Crippen LogP contribution in [0.3, 0.4) is 0 Å². The van der Waals surface area contributed by atoms with E-state index < -0.39 is 0 Å². The van der Waals surface area contributed by atoms with Crippen molar-refractivity contribution in [2.75, 3.05) is 12.4 Å². The number of aromatic nitrogens is 2. The maximum atomic E-state index is 12.1. The standard InChI is InChI=1S/C14H16Cl2N4OS/c1-14(2,3)9-5-8(10(22-9)12(21)17-4)19-11-7(15)6-18-13(16)20-11/h5-6H,1-4H3,(H,17,21)(H,18,19,20). The second-order valence-electron chi connectivity index (χ2n) is 5.64. The van der Waals surface area contributed by atoms with E-state index in [9.17, 15) is 4.79 Å². The Balaban J connectivity index is 2.47. The van der Waals surface area contributed by atoms with Crippen LogP contribution >= 0.6 is 34.5 Å². The Hall–Kier alpha value is -1.37. The maximum Gasteiger partial charge on any atom is 0.263 e. The van der Waals surface area contributed by atoms with Gasteiger partial charge >= 0.3 is 0 Å². The van der Waals surface area contributed by atoms with Crippen LogP contribution in [0.2, 0.25) is 10.3 Å². The molecule has 2 rings (SSSR count). The molecule has 2 N–H and O–H groups in total. The van der Waals surface area contributed by atoms with Crippen molar-refractivity contribution in [1.82, 2.24) is 15.3 Å². The molecule has 2 heterocycles. The molecule has 0 radical (unpaired) electrons. The zero-order valence-electron chi connectivity index (χ0n) is 12.6. The number of rotatable bonds is 3. The van der Waals surface area contributed by atoms with Gasteiger partial charge < -0.3 is 10.6 Å². The van der Waals surface area contributed by atoms with Gasteiger partial charge in [0, 0.05) is 11.9 Å². The van der Waals surface area contributed by atoms with Crippen LogP contribution in [0.5, 0.6) is 0 Å². The summed E-state index contributed by atoms with van der Waals surface area (Å²) in [6.07, 6.45) is 1.41. The predicted octanol–water partition coefficient (Wildman–Crippen LogP) is 4.25. The Labute approximate surface area is 143 Å². The number of thiophene rings is 1. The van der Waals surface area contributed by atoms with Gasteiger partial charge in [0.25, 0.3) is 5.91 Å². The molecule has 0 spiro atoms. The fourth-order valence-electron chi connectivity index (χ4n) is 1.70. The smallest absolute Gasteiger partial charge is 0.263 e. The molecule has 0 saturated heterocycles. The number of carbonyl (C=O) groups excluding carboxylic acids is 1. The Morgan fingerprint density at radius 1 is 1.32 bits per heavy atom. The van der Waals surface area contributed by atoms with Crippen molar-refractivity contribution < 1.29 is 4.79 Å². The number of hydrogen-bond donors (Lipinski definition) is 2. The quantitative estimate of drug-likeness (QED) is 0.805. The van der Waals surface area contributed by atoms with Gasteiger partial charge in [0.2, 0.25) is 5.28 Å². The third-order valence-electron chi connectivity index (χ3n) is 2.87. The SMILES string of the molecule is CNC(=O)c1sc(C(C)(C)C)cc1Nc1nc(Cl)ncc1Cl. The molecule has 8 heteroatoms. The highest BCUT2D eigenvalue weighted by atomic mass is 35.5. The number of nitrogens with one attached hydrogen (secondary N) is 2. The third-order valence-corrected chi connectivity index (χ3v) is 4.89. The molecule has 2 aromatic rings. The zero-order valence-corrected chi connectivity index (χ0v) is 14.9. The number of hydrogen-bond acceptors (Lipinski definition) is 5. The Morgan fingerprint density at radius 3 is 2.59 bits per heavy atom. The number of carbonyl (C=O) groups is 1. The molecular formula is C14H16Cl2N4OS. The van der Waals surface area contributed by atoms with Crippen LogP contribution in [0.4, 0.5) is 11.5 Å². The lowest BCUT2D eigenvalue weighted by Crippen LogP contribution is -2.17.